The molecule has 0 aliphatic carbocycles. The number of carbonyl (C=O) groups is 2. The van der Waals surface area contributed by atoms with E-state index in [1.807, 2.05) is 6.07 Å². The van der Waals surface area contributed by atoms with Gasteiger partial charge in [-0.3, -0.25) is 9.59 Å². The van der Waals surface area contributed by atoms with Gasteiger partial charge in [-0.1, -0.05) is 41.8 Å². The van der Waals surface area contributed by atoms with Crippen LogP contribution in [0.15, 0.2) is 47.4 Å². The Hall–Kier alpha value is -2.89. The van der Waals surface area contributed by atoms with Crippen molar-refractivity contribution in [3.05, 3.63) is 58.1 Å². The molecular weight excluding hydrogens is 565 g/mol. The summed E-state index contributed by atoms with van der Waals surface area (Å²) in [6.45, 7) is 1.18. The Kier molecular flexibility index (Phi) is 7.76. The number of nitrogens with zero attached hydrogens (tertiary/aromatic N) is 2. The van der Waals surface area contributed by atoms with Crippen LogP contribution in [0.2, 0.25) is 10.0 Å². The van der Waals surface area contributed by atoms with E-state index < -0.39 is 27.7 Å². The summed E-state index contributed by atoms with van der Waals surface area (Å²) < 4.78 is 33.4. The Morgan fingerprint density at radius 2 is 1.90 bits per heavy atom. The van der Waals surface area contributed by atoms with Gasteiger partial charge < -0.3 is 20.1 Å². The van der Waals surface area contributed by atoms with E-state index in [4.69, 9.17) is 27.9 Å². The molecule has 2 heterocycles. The average Bonchev–Trinajstić information content (AvgIpc) is 3.20. The van der Waals surface area contributed by atoms with Gasteiger partial charge in [-0.05, 0) is 49.6 Å². The predicted molar refractivity (Wildman–Crippen MR) is 150 cm³/mol. The number of aromatic hydroxyl groups is 1. The van der Waals surface area contributed by atoms with Crippen molar-refractivity contribution in [3.63, 3.8) is 0 Å². The van der Waals surface area contributed by atoms with Crippen LogP contribution in [0.5, 0.6) is 5.75 Å². The number of phenolic OH excluding ortho intramolecular Hbond substituents is 1. The van der Waals surface area contributed by atoms with Gasteiger partial charge in [0.05, 0.1) is 20.6 Å². The molecule has 2 amide bonds. The number of benzene rings is 3. The molecule has 3 aromatic rings. The first-order valence-electron chi connectivity index (χ1n) is 12.5. The van der Waals surface area contributed by atoms with E-state index in [2.05, 4.69) is 5.32 Å². The molecule has 1 saturated heterocycles. The fourth-order valence-corrected chi connectivity index (χ4v) is 7.57. The Morgan fingerprint density at radius 3 is 2.62 bits per heavy atom. The van der Waals surface area contributed by atoms with Gasteiger partial charge in [0.2, 0.25) is 15.9 Å². The van der Waals surface area contributed by atoms with Crippen molar-refractivity contribution >= 4 is 67.2 Å². The number of phenols is 1. The van der Waals surface area contributed by atoms with Gasteiger partial charge in [0, 0.05) is 48.8 Å². The normalized spacial score (nSPS) is 17.7. The highest BCUT2D eigenvalue weighted by molar-refractivity contribution is 7.89. The SMILES string of the molecule is COCCCN1C(=O)c2cccc3c(NC(=O)C4CCCCN4S(=O)(=O)c4cc(Cl)c(O)c(Cl)c4)ccc1c23. The fourth-order valence-electron chi connectivity index (χ4n) is 5.24. The zero-order chi connectivity index (χ0) is 27.9. The van der Waals surface area contributed by atoms with Crippen LogP contribution < -0.4 is 10.2 Å². The van der Waals surface area contributed by atoms with E-state index in [-0.39, 0.29) is 27.4 Å². The first kappa shape index (κ1) is 27.7. The van der Waals surface area contributed by atoms with E-state index in [0.717, 1.165) is 27.5 Å². The molecule has 12 heteroatoms. The van der Waals surface area contributed by atoms with Crippen LogP contribution in [0.4, 0.5) is 11.4 Å². The summed E-state index contributed by atoms with van der Waals surface area (Å²) >= 11 is 12.0. The first-order chi connectivity index (χ1) is 18.6. The summed E-state index contributed by atoms with van der Waals surface area (Å²) in [5.74, 6) is -0.991. The number of amides is 2. The van der Waals surface area contributed by atoms with Gasteiger partial charge in [-0.25, -0.2) is 8.42 Å². The summed E-state index contributed by atoms with van der Waals surface area (Å²) in [5, 5.41) is 13.8. The molecule has 1 fully saturated rings. The summed E-state index contributed by atoms with van der Waals surface area (Å²) in [6, 6.07) is 10.2. The van der Waals surface area contributed by atoms with Crippen molar-refractivity contribution in [1.82, 2.24) is 4.31 Å². The van der Waals surface area contributed by atoms with Crippen molar-refractivity contribution in [2.75, 3.05) is 37.0 Å². The largest absolute Gasteiger partial charge is 0.505 e. The highest BCUT2D eigenvalue weighted by atomic mass is 35.5. The Bertz CT molecular complexity index is 1560. The van der Waals surface area contributed by atoms with Crippen LogP contribution in [-0.2, 0) is 19.6 Å². The van der Waals surface area contributed by atoms with Gasteiger partial charge in [0.15, 0.2) is 5.75 Å². The average molecular weight is 593 g/mol. The molecule has 9 nitrogen and oxygen atoms in total. The highest BCUT2D eigenvalue weighted by Gasteiger charge is 2.39. The van der Waals surface area contributed by atoms with Crippen LogP contribution in [-0.4, -0.2) is 62.5 Å². The molecule has 0 saturated carbocycles. The van der Waals surface area contributed by atoms with Gasteiger partial charge in [-0.2, -0.15) is 4.31 Å². The number of piperidine rings is 1. The summed E-state index contributed by atoms with van der Waals surface area (Å²) in [4.78, 5) is 28.2. The molecule has 3 aromatic carbocycles. The van der Waals surface area contributed by atoms with Crippen LogP contribution in [0.3, 0.4) is 0 Å². The maximum atomic E-state index is 13.6. The van der Waals surface area contributed by atoms with Crippen molar-refractivity contribution < 1.29 is 27.9 Å². The van der Waals surface area contributed by atoms with Crippen molar-refractivity contribution in [1.29, 1.82) is 0 Å². The molecule has 2 N–H and O–H groups in total. The summed E-state index contributed by atoms with van der Waals surface area (Å²) in [6.07, 6.45) is 2.28. The van der Waals surface area contributed by atoms with Crippen LogP contribution in [0, 0.1) is 0 Å². The lowest BCUT2D eigenvalue weighted by Crippen LogP contribution is -2.49. The molecule has 0 aromatic heterocycles. The minimum Gasteiger partial charge on any atom is -0.505 e. The summed E-state index contributed by atoms with van der Waals surface area (Å²) in [7, 11) is -2.54. The third-order valence-corrected chi connectivity index (χ3v) is 9.59. The minimum absolute atomic E-state index is 0.106. The number of sulfonamides is 1. The molecular formula is C27H27Cl2N3O6S. The van der Waals surface area contributed by atoms with Gasteiger partial charge >= 0.3 is 0 Å². The van der Waals surface area contributed by atoms with E-state index in [9.17, 15) is 23.1 Å². The van der Waals surface area contributed by atoms with E-state index in [1.54, 1.807) is 36.3 Å². The number of anilines is 2. The number of methoxy groups -OCH3 is 1. The monoisotopic (exact) mass is 591 g/mol. The van der Waals surface area contributed by atoms with Crippen molar-refractivity contribution in [2.45, 2.75) is 36.6 Å². The minimum atomic E-state index is -4.15. The van der Waals surface area contributed by atoms with E-state index >= 15 is 0 Å². The fraction of sp³-hybridized carbons (Fsp3) is 0.333. The molecule has 0 bridgehead atoms. The summed E-state index contributed by atoms with van der Waals surface area (Å²) in [5.41, 5.74) is 1.81. The molecule has 2 aliphatic heterocycles. The zero-order valence-electron chi connectivity index (χ0n) is 21.1. The number of carbonyl (C=O) groups excluding carboxylic acids is 2. The molecule has 206 valence electrons. The van der Waals surface area contributed by atoms with E-state index in [1.165, 1.54) is 0 Å². The second kappa shape index (κ2) is 10.9. The Balaban J connectivity index is 1.45. The number of hydrogen-bond donors (Lipinski definition) is 2. The molecule has 1 atom stereocenters. The van der Waals surface area contributed by atoms with Gasteiger partial charge in [0.1, 0.15) is 6.04 Å². The second-order valence-electron chi connectivity index (χ2n) is 9.52. The van der Waals surface area contributed by atoms with Crippen LogP contribution in [0.25, 0.3) is 10.8 Å². The van der Waals surface area contributed by atoms with Gasteiger partial charge in [0.25, 0.3) is 5.91 Å². The van der Waals surface area contributed by atoms with Crippen molar-refractivity contribution in [2.24, 2.45) is 0 Å². The lowest BCUT2D eigenvalue weighted by Gasteiger charge is -2.33. The third kappa shape index (κ3) is 4.96. The number of ether oxygens (including phenoxy) is 1. The lowest BCUT2D eigenvalue weighted by molar-refractivity contribution is -0.120. The van der Waals surface area contributed by atoms with Gasteiger partial charge in [-0.15, -0.1) is 0 Å². The van der Waals surface area contributed by atoms with Crippen molar-refractivity contribution in [3.8, 4) is 5.75 Å². The predicted octanol–water partition coefficient (Wildman–Crippen LogP) is 5.03. The standard InChI is InChI=1S/C27H27Cl2N3O6S/c1-38-13-5-11-31-22-10-9-21(17-6-4-7-18(24(17)22)27(31)35)30-26(34)23-8-2-3-12-32(23)39(36,37)16-14-19(28)25(33)20(29)15-16/h4,6-7,9-10,14-15,23,33H,2-3,5,8,11-13H2,1H3,(H,30,34). The topological polar surface area (TPSA) is 116 Å². The number of nitrogens with one attached hydrogen (secondary N) is 1. The van der Waals surface area contributed by atoms with Crippen LogP contribution in [0.1, 0.15) is 36.0 Å². The molecule has 1 unspecified atom stereocenters. The smallest absolute Gasteiger partial charge is 0.258 e. The number of hydrogen-bond acceptors (Lipinski definition) is 6. The van der Waals surface area contributed by atoms with Crippen LogP contribution >= 0.6 is 23.2 Å². The zero-order valence-corrected chi connectivity index (χ0v) is 23.4. The molecule has 2 aliphatic rings. The Labute approximate surface area is 236 Å². The molecule has 39 heavy (non-hydrogen) atoms. The number of halogens is 2. The number of rotatable bonds is 8. The highest BCUT2D eigenvalue weighted by Crippen LogP contribution is 2.41. The Morgan fingerprint density at radius 1 is 1.15 bits per heavy atom. The third-order valence-electron chi connectivity index (χ3n) is 7.13. The van der Waals surface area contributed by atoms with E-state index in [0.29, 0.717) is 55.5 Å². The lowest BCUT2D eigenvalue weighted by atomic mass is 10.0. The molecule has 0 spiro atoms. The first-order valence-corrected chi connectivity index (χ1v) is 14.7. The maximum absolute atomic E-state index is 13.6. The molecule has 0 radical (unpaired) electrons. The second-order valence-corrected chi connectivity index (χ2v) is 12.2. The quantitative estimate of drug-likeness (QED) is 0.355. The molecule has 5 rings (SSSR count). The maximum Gasteiger partial charge on any atom is 0.258 e.